The number of rotatable bonds is 9. The molecule has 1 aliphatic rings. The molecule has 1 aliphatic heterocycles. The van der Waals surface area contributed by atoms with E-state index in [9.17, 15) is 14.9 Å². The van der Waals surface area contributed by atoms with Crippen LogP contribution in [0.5, 0.6) is 0 Å². The van der Waals surface area contributed by atoms with Crippen molar-refractivity contribution in [2.75, 3.05) is 30.7 Å². The third kappa shape index (κ3) is 5.58. The number of carbonyl (C=O) groups excluding carboxylic acids is 2. The largest absolute Gasteiger partial charge is 0.399 e. The smallest absolute Gasteiger partial charge is 0.238 e. The molecule has 2 amide bonds. The first kappa shape index (κ1) is 21.5. The van der Waals surface area contributed by atoms with E-state index in [0.717, 1.165) is 5.69 Å². The molecule has 0 aromatic heterocycles. The summed E-state index contributed by atoms with van der Waals surface area (Å²) in [6.07, 6.45) is 6.07. The van der Waals surface area contributed by atoms with E-state index in [0.29, 0.717) is 25.2 Å². The normalized spacial score (nSPS) is 19.5. The van der Waals surface area contributed by atoms with Crippen molar-refractivity contribution in [1.82, 2.24) is 10.2 Å². The Morgan fingerprint density at radius 3 is 2.93 bits per heavy atom. The number of thioether (sulfide) groups is 1. The first-order valence-electron chi connectivity index (χ1n) is 9.16. The van der Waals surface area contributed by atoms with Gasteiger partial charge in [-0.1, -0.05) is 12.0 Å². The molecule has 28 heavy (non-hydrogen) atoms. The molecule has 0 radical (unpaired) electrons. The Labute approximate surface area is 170 Å². The van der Waals surface area contributed by atoms with Crippen LogP contribution in [0.2, 0.25) is 0 Å². The highest BCUT2D eigenvalue weighted by molar-refractivity contribution is 8.01. The molecule has 1 aromatic rings. The minimum Gasteiger partial charge on any atom is -0.399 e. The zero-order valence-corrected chi connectivity index (χ0v) is 16.7. The van der Waals surface area contributed by atoms with Crippen molar-refractivity contribution in [2.24, 2.45) is 5.92 Å². The highest BCUT2D eigenvalue weighted by Crippen LogP contribution is 2.36. The molecule has 0 aliphatic carbocycles. The van der Waals surface area contributed by atoms with E-state index >= 15 is 0 Å². The molecule has 4 N–H and O–H groups in total. The molecule has 0 saturated carbocycles. The van der Waals surface area contributed by atoms with Gasteiger partial charge in [-0.3, -0.25) is 9.59 Å². The topological polar surface area (TPSA) is 111 Å². The maximum Gasteiger partial charge on any atom is 0.238 e. The average molecular weight is 400 g/mol. The van der Waals surface area contributed by atoms with Crippen molar-refractivity contribution < 1.29 is 9.59 Å². The van der Waals surface area contributed by atoms with Gasteiger partial charge in [-0.05, 0) is 31.5 Å². The van der Waals surface area contributed by atoms with Gasteiger partial charge in [0.2, 0.25) is 11.8 Å². The number of nitrogen functional groups attached to an aromatic ring is 1. The predicted octanol–water partition coefficient (Wildman–Crippen LogP) is 1.64. The number of benzene rings is 1. The first-order valence-corrected chi connectivity index (χ1v) is 10.1. The third-order valence-corrected chi connectivity index (χ3v) is 5.99. The van der Waals surface area contributed by atoms with Gasteiger partial charge in [0.25, 0.3) is 0 Å². The standard InChI is InChI=1S/C20H25N5O2S/c1-3-9-24-19(26)14(13-21)11-18-25(4-2)20(27)17(28-18)8-10-23-16-7-5-6-15(22)12-16/h1,5-7,12,14,17-18,23H,4,8-11,22H2,2H3,(H,24,26). The van der Waals surface area contributed by atoms with E-state index in [4.69, 9.17) is 12.2 Å². The van der Waals surface area contributed by atoms with Crippen molar-refractivity contribution in [3.05, 3.63) is 24.3 Å². The SMILES string of the molecule is C#CCNC(=O)C(C#N)CC1SC(CCNc2cccc(N)c2)C(=O)N1CC. The van der Waals surface area contributed by atoms with Gasteiger partial charge < -0.3 is 21.3 Å². The summed E-state index contributed by atoms with van der Waals surface area (Å²) in [5.41, 5.74) is 7.36. The number of hydrogen-bond donors (Lipinski definition) is 3. The molecular weight excluding hydrogens is 374 g/mol. The van der Waals surface area contributed by atoms with E-state index < -0.39 is 11.8 Å². The Morgan fingerprint density at radius 1 is 1.50 bits per heavy atom. The van der Waals surface area contributed by atoms with E-state index in [1.165, 1.54) is 11.8 Å². The maximum absolute atomic E-state index is 12.7. The Bertz CT molecular complexity index is 786. The molecule has 2 rings (SSSR count). The van der Waals surface area contributed by atoms with Crippen LogP contribution >= 0.6 is 11.8 Å². The van der Waals surface area contributed by atoms with Gasteiger partial charge in [-0.2, -0.15) is 5.26 Å². The van der Waals surface area contributed by atoms with Crippen molar-refractivity contribution >= 4 is 35.0 Å². The van der Waals surface area contributed by atoms with Crippen molar-refractivity contribution in [3.8, 4) is 18.4 Å². The molecular formula is C20H25N5O2S. The lowest BCUT2D eigenvalue weighted by Crippen LogP contribution is -2.38. The second-order valence-corrected chi connectivity index (χ2v) is 7.77. The van der Waals surface area contributed by atoms with Crippen LogP contribution < -0.4 is 16.4 Å². The Hall–Kier alpha value is -2.84. The molecule has 1 saturated heterocycles. The zero-order chi connectivity index (χ0) is 20.5. The van der Waals surface area contributed by atoms with Crippen LogP contribution in [0.4, 0.5) is 11.4 Å². The van der Waals surface area contributed by atoms with Crippen molar-refractivity contribution in [1.29, 1.82) is 5.26 Å². The Balaban J connectivity index is 1.92. The van der Waals surface area contributed by atoms with E-state index in [1.54, 1.807) is 4.90 Å². The number of anilines is 2. The van der Waals surface area contributed by atoms with Crippen LogP contribution in [0.15, 0.2) is 24.3 Å². The monoisotopic (exact) mass is 399 g/mol. The number of nitrogens with two attached hydrogens (primary N) is 1. The molecule has 8 heteroatoms. The van der Waals surface area contributed by atoms with Gasteiger partial charge in [0.15, 0.2) is 0 Å². The third-order valence-electron chi connectivity index (χ3n) is 4.46. The fourth-order valence-corrected chi connectivity index (χ4v) is 4.65. The number of hydrogen-bond acceptors (Lipinski definition) is 6. The molecule has 7 nitrogen and oxygen atoms in total. The van der Waals surface area contributed by atoms with Crippen molar-refractivity contribution in [2.45, 2.75) is 30.4 Å². The zero-order valence-electron chi connectivity index (χ0n) is 15.9. The fraction of sp³-hybridized carbons (Fsp3) is 0.450. The summed E-state index contributed by atoms with van der Waals surface area (Å²) >= 11 is 1.51. The van der Waals surface area contributed by atoms with Gasteiger partial charge in [-0.25, -0.2) is 0 Å². The average Bonchev–Trinajstić information content (AvgIpc) is 2.98. The molecule has 0 bridgehead atoms. The molecule has 1 heterocycles. The van der Waals surface area contributed by atoms with Gasteiger partial charge in [-0.15, -0.1) is 18.2 Å². The lowest BCUT2D eigenvalue weighted by atomic mass is 10.1. The summed E-state index contributed by atoms with van der Waals surface area (Å²) in [6.45, 7) is 3.16. The molecule has 1 fully saturated rings. The Morgan fingerprint density at radius 2 is 2.29 bits per heavy atom. The van der Waals surface area contributed by atoms with Crippen LogP contribution in [0.1, 0.15) is 19.8 Å². The summed E-state index contributed by atoms with van der Waals surface area (Å²) in [5, 5.41) is 14.8. The summed E-state index contributed by atoms with van der Waals surface area (Å²) in [5.74, 6) is 1.14. The number of amides is 2. The first-order chi connectivity index (χ1) is 13.5. The van der Waals surface area contributed by atoms with Gasteiger partial charge in [0, 0.05) is 30.9 Å². The summed E-state index contributed by atoms with van der Waals surface area (Å²) in [6, 6.07) is 9.48. The van der Waals surface area contributed by atoms with Crippen LogP contribution in [0.25, 0.3) is 0 Å². The van der Waals surface area contributed by atoms with E-state index in [2.05, 4.69) is 16.6 Å². The second-order valence-electron chi connectivity index (χ2n) is 6.38. The predicted molar refractivity (Wildman–Crippen MR) is 112 cm³/mol. The molecule has 0 spiro atoms. The van der Waals surface area contributed by atoms with E-state index in [-0.39, 0.29) is 29.5 Å². The minimum atomic E-state index is -0.836. The van der Waals surface area contributed by atoms with Crippen molar-refractivity contribution in [3.63, 3.8) is 0 Å². The Kier molecular flexibility index (Phi) is 8.03. The quantitative estimate of drug-likeness (QED) is 0.430. The van der Waals surface area contributed by atoms with E-state index in [1.807, 2.05) is 37.3 Å². The summed E-state index contributed by atoms with van der Waals surface area (Å²) in [7, 11) is 0. The van der Waals surface area contributed by atoms with Gasteiger partial charge in [0.05, 0.1) is 23.2 Å². The highest BCUT2D eigenvalue weighted by atomic mass is 32.2. The van der Waals surface area contributed by atoms with Gasteiger partial charge >= 0.3 is 0 Å². The number of nitrogens with zero attached hydrogens (tertiary/aromatic N) is 2. The fourth-order valence-electron chi connectivity index (χ4n) is 3.06. The lowest BCUT2D eigenvalue weighted by Gasteiger charge is -2.23. The number of nitrogens with one attached hydrogen (secondary N) is 2. The van der Waals surface area contributed by atoms with Crippen LogP contribution in [-0.4, -0.2) is 47.0 Å². The van der Waals surface area contributed by atoms with Crippen LogP contribution in [0, 0.1) is 29.6 Å². The lowest BCUT2D eigenvalue weighted by molar-refractivity contribution is -0.131. The molecule has 3 atom stereocenters. The second kappa shape index (κ2) is 10.5. The summed E-state index contributed by atoms with van der Waals surface area (Å²) in [4.78, 5) is 26.5. The molecule has 148 valence electrons. The maximum atomic E-state index is 12.7. The summed E-state index contributed by atoms with van der Waals surface area (Å²) < 4.78 is 0. The highest BCUT2D eigenvalue weighted by Gasteiger charge is 2.40. The van der Waals surface area contributed by atoms with Gasteiger partial charge in [0.1, 0.15) is 5.92 Å². The van der Waals surface area contributed by atoms with Crippen LogP contribution in [-0.2, 0) is 9.59 Å². The number of terminal acetylenes is 1. The van der Waals surface area contributed by atoms with Crippen LogP contribution in [0.3, 0.4) is 0 Å². The molecule has 1 aromatic carbocycles. The number of nitriles is 1. The molecule has 3 unspecified atom stereocenters. The number of carbonyl (C=O) groups is 2. The minimum absolute atomic E-state index is 0.0487.